The second-order valence-corrected chi connectivity index (χ2v) is 8.70. The van der Waals surface area contributed by atoms with Crippen LogP contribution in [0.5, 0.6) is 0 Å². The third kappa shape index (κ3) is 4.47. The Kier molecular flexibility index (Phi) is 5.32. The lowest BCUT2D eigenvalue weighted by atomic mass is 10.4. The van der Waals surface area contributed by atoms with Gasteiger partial charge in [-0.1, -0.05) is 11.6 Å². The molecule has 0 atom stereocenters. The molecule has 0 aliphatic carbocycles. The molecule has 21 heavy (non-hydrogen) atoms. The molecule has 1 N–H and O–H groups in total. The van der Waals surface area contributed by atoms with Crippen molar-refractivity contribution in [3.8, 4) is 0 Å². The molecule has 0 amide bonds. The van der Waals surface area contributed by atoms with Gasteiger partial charge in [0.05, 0.1) is 10.6 Å². The highest BCUT2D eigenvalue weighted by molar-refractivity contribution is 8.00. The van der Waals surface area contributed by atoms with Crippen LogP contribution in [0.15, 0.2) is 45.5 Å². The third-order valence-corrected chi connectivity index (χ3v) is 6.87. The maximum Gasteiger partial charge on any atom is 0.345 e. The van der Waals surface area contributed by atoms with Crippen molar-refractivity contribution in [2.45, 2.75) is 9.79 Å². The van der Waals surface area contributed by atoms with Crippen molar-refractivity contribution in [2.24, 2.45) is 0 Å². The van der Waals surface area contributed by atoms with Crippen LogP contribution >= 0.6 is 34.7 Å². The largest absolute Gasteiger partial charge is 0.477 e. The third-order valence-electron chi connectivity index (χ3n) is 2.58. The molecule has 1 heterocycles. The van der Waals surface area contributed by atoms with Crippen LogP contribution in [0, 0.1) is 0 Å². The van der Waals surface area contributed by atoms with Crippen molar-refractivity contribution in [1.82, 2.24) is 0 Å². The fourth-order valence-electron chi connectivity index (χ4n) is 1.54. The molecule has 0 aliphatic rings. The Morgan fingerprint density at radius 3 is 2.52 bits per heavy atom. The molecule has 112 valence electrons. The number of hydrogen-bond donors (Lipinski definition) is 1. The molecule has 0 saturated heterocycles. The van der Waals surface area contributed by atoms with Crippen LogP contribution < -0.4 is 0 Å². The van der Waals surface area contributed by atoms with E-state index in [2.05, 4.69) is 0 Å². The molecule has 1 aromatic carbocycles. The van der Waals surface area contributed by atoms with Gasteiger partial charge in [0.2, 0.25) is 0 Å². The lowest BCUT2D eigenvalue weighted by Crippen LogP contribution is -2.08. The van der Waals surface area contributed by atoms with Crippen molar-refractivity contribution in [1.29, 1.82) is 0 Å². The number of carboxylic acid groups (broad SMARTS) is 1. The predicted octanol–water partition coefficient (Wildman–Crippen LogP) is 3.67. The van der Waals surface area contributed by atoms with Crippen LogP contribution in [0.4, 0.5) is 0 Å². The first-order valence-electron chi connectivity index (χ1n) is 5.81. The first-order chi connectivity index (χ1) is 9.88. The van der Waals surface area contributed by atoms with E-state index in [-0.39, 0.29) is 15.5 Å². The summed E-state index contributed by atoms with van der Waals surface area (Å²) in [7, 11) is -3.35. The number of carbonyl (C=O) groups is 1. The molecule has 2 rings (SSSR count). The lowest BCUT2D eigenvalue weighted by molar-refractivity contribution is 0.0702. The average molecular weight is 363 g/mol. The number of thioether (sulfide) groups is 1. The molecule has 2 aromatic rings. The summed E-state index contributed by atoms with van der Waals surface area (Å²) in [5.74, 6) is -0.626. The van der Waals surface area contributed by atoms with Crippen molar-refractivity contribution in [3.05, 3.63) is 45.6 Å². The van der Waals surface area contributed by atoms with Gasteiger partial charge >= 0.3 is 5.97 Å². The Labute approximate surface area is 135 Å². The minimum absolute atomic E-state index is 0.0163. The Balaban J connectivity index is 1.95. The van der Waals surface area contributed by atoms with E-state index in [4.69, 9.17) is 16.7 Å². The van der Waals surface area contributed by atoms with Crippen molar-refractivity contribution >= 4 is 50.5 Å². The standard InChI is InChI=1S/C13H11ClO4S3/c14-9-1-3-11(4-2-9)21(17,18)6-5-19-10-7-12(13(15)16)20-8-10/h1-4,7-8H,5-6H2,(H,15,16). The van der Waals surface area contributed by atoms with E-state index in [9.17, 15) is 13.2 Å². The van der Waals surface area contributed by atoms with Gasteiger partial charge in [-0.15, -0.1) is 23.1 Å². The Bertz CT molecular complexity index is 735. The second kappa shape index (κ2) is 6.83. The number of benzene rings is 1. The maximum absolute atomic E-state index is 12.1. The van der Waals surface area contributed by atoms with Gasteiger partial charge in [-0.3, -0.25) is 0 Å². The van der Waals surface area contributed by atoms with Crippen LogP contribution in [-0.4, -0.2) is 31.0 Å². The van der Waals surface area contributed by atoms with Crippen LogP contribution in [0.1, 0.15) is 9.67 Å². The van der Waals surface area contributed by atoms with Gasteiger partial charge in [-0.2, -0.15) is 0 Å². The fraction of sp³-hybridized carbons (Fsp3) is 0.154. The number of sulfone groups is 1. The number of hydrogen-bond acceptors (Lipinski definition) is 5. The highest BCUT2D eigenvalue weighted by Crippen LogP contribution is 2.25. The summed E-state index contributed by atoms with van der Waals surface area (Å²) >= 11 is 8.18. The van der Waals surface area contributed by atoms with Crippen LogP contribution in [0.3, 0.4) is 0 Å². The Hall–Kier alpha value is -1.02. The van der Waals surface area contributed by atoms with E-state index in [0.29, 0.717) is 10.8 Å². The summed E-state index contributed by atoms with van der Waals surface area (Å²) in [5.41, 5.74) is 0. The Morgan fingerprint density at radius 1 is 1.29 bits per heavy atom. The van der Waals surface area contributed by atoms with Gasteiger partial charge in [-0.05, 0) is 30.3 Å². The zero-order valence-electron chi connectivity index (χ0n) is 10.7. The molecular weight excluding hydrogens is 352 g/mol. The molecule has 0 bridgehead atoms. The smallest absolute Gasteiger partial charge is 0.345 e. The van der Waals surface area contributed by atoms with Gasteiger partial charge in [-0.25, -0.2) is 13.2 Å². The summed E-state index contributed by atoms with van der Waals surface area (Å²) in [6, 6.07) is 7.59. The lowest BCUT2D eigenvalue weighted by Gasteiger charge is -2.04. The van der Waals surface area contributed by atoms with Gasteiger partial charge in [0.25, 0.3) is 0 Å². The minimum Gasteiger partial charge on any atom is -0.477 e. The molecule has 1 aromatic heterocycles. The summed E-state index contributed by atoms with van der Waals surface area (Å²) in [4.78, 5) is 12.0. The molecule has 8 heteroatoms. The van der Waals surface area contributed by atoms with Gasteiger partial charge in [0.1, 0.15) is 4.88 Å². The number of thiophene rings is 1. The van der Waals surface area contributed by atoms with Gasteiger partial charge < -0.3 is 5.11 Å². The average Bonchev–Trinajstić information content (AvgIpc) is 2.88. The number of halogens is 1. The summed E-state index contributed by atoms with van der Waals surface area (Å²) < 4.78 is 24.2. The highest BCUT2D eigenvalue weighted by Gasteiger charge is 2.15. The van der Waals surface area contributed by atoms with E-state index < -0.39 is 15.8 Å². The Morgan fingerprint density at radius 2 is 1.95 bits per heavy atom. The van der Waals surface area contributed by atoms with E-state index in [1.165, 1.54) is 23.9 Å². The molecule has 0 aliphatic heterocycles. The van der Waals surface area contributed by atoms with E-state index in [1.54, 1.807) is 23.6 Å². The maximum atomic E-state index is 12.1. The fourth-order valence-corrected chi connectivity index (χ4v) is 5.19. The van der Waals surface area contributed by atoms with E-state index >= 15 is 0 Å². The van der Waals surface area contributed by atoms with Crippen molar-refractivity contribution < 1.29 is 18.3 Å². The number of aromatic carboxylic acids is 1. The number of rotatable bonds is 6. The number of carboxylic acids is 1. The molecule has 0 fully saturated rings. The minimum atomic E-state index is -3.35. The molecule has 0 saturated carbocycles. The normalized spacial score (nSPS) is 11.5. The first-order valence-corrected chi connectivity index (χ1v) is 9.71. The molecule has 0 spiro atoms. The van der Waals surface area contributed by atoms with Gasteiger partial charge in [0, 0.05) is 21.1 Å². The topological polar surface area (TPSA) is 71.4 Å². The summed E-state index contributed by atoms with van der Waals surface area (Å²) in [6.07, 6.45) is 0. The summed E-state index contributed by atoms with van der Waals surface area (Å²) in [6.45, 7) is 0. The first kappa shape index (κ1) is 16.4. The molecule has 0 unspecified atom stereocenters. The van der Waals surface area contributed by atoms with Crippen molar-refractivity contribution in [2.75, 3.05) is 11.5 Å². The zero-order chi connectivity index (χ0) is 15.5. The molecule has 0 radical (unpaired) electrons. The van der Waals surface area contributed by atoms with Gasteiger partial charge in [0.15, 0.2) is 9.84 Å². The molecule has 4 nitrogen and oxygen atoms in total. The second-order valence-electron chi connectivity index (χ2n) is 4.07. The summed E-state index contributed by atoms with van der Waals surface area (Å²) in [5, 5.41) is 11.0. The van der Waals surface area contributed by atoms with Crippen LogP contribution in [0.25, 0.3) is 0 Å². The SMILES string of the molecule is O=C(O)c1cc(SCCS(=O)(=O)c2ccc(Cl)cc2)cs1. The highest BCUT2D eigenvalue weighted by atomic mass is 35.5. The predicted molar refractivity (Wildman–Crippen MR) is 85.5 cm³/mol. The van der Waals surface area contributed by atoms with E-state index in [0.717, 1.165) is 16.2 Å². The monoisotopic (exact) mass is 362 g/mol. The van der Waals surface area contributed by atoms with Crippen LogP contribution in [0.2, 0.25) is 5.02 Å². The quantitative estimate of drug-likeness (QED) is 0.794. The van der Waals surface area contributed by atoms with Crippen LogP contribution in [-0.2, 0) is 9.84 Å². The zero-order valence-corrected chi connectivity index (χ0v) is 13.9. The molecular formula is C13H11ClO4S3. The van der Waals surface area contributed by atoms with Crippen molar-refractivity contribution in [3.63, 3.8) is 0 Å². The van der Waals surface area contributed by atoms with E-state index in [1.807, 2.05) is 0 Å².